The van der Waals surface area contributed by atoms with E-state index in [4.69, 9.17) is 0 Å². The second-order valence-corrected chi connectivity index (χ2v) is 7.83. The summed E-state index contributed by atoms with van der Waals surface area (Å²) in [7, 11) is -0.775. The second-order valence-electron chi connectivity index (χ2n) is 6.06. The van der Waals surface area contributed by atoms with E-state index in [1.54, 1.807) is 0 Å². The lowest BCUT2D eigenvalue weighted by Crippen LogP contribution is -2.36. The Balaban J connectivity index is 2.85. The molecule has 0 aliphatic heterocycles. The van der Waals surface area contributed by atoms with Crippen LogP contribution in [0.4, 0.5) is 0 Å². The molecule has 0 radical (unpaired) electrons. The summed E-state index contributed by atoms with van der Waals surface area (Å²) in [6.07, 6.45) is 3.08. The van der Waals surface area contributed by atoms with Gasteiger partial charge in [0.05, 0.1) is 5.25 Å². The molecular weight excluding hydrogens is 278 g/mol. The van der Waals surface area contributed by atoms with Crippen LogP contribution in [0.25, 0.3) is 0 Å². The Hall–Kier alpha value is -0.670. The molecule has 0 amide bonds. The van der Waals surface area contributed by atoms with Crippen molar-refractivity contribution in [2.75, 3.05) is 12.3 Å². The molecule has 21 heavy (non-hydrogen) atoms. The maximum absolute atomic E-state index is 12.7. The second kappa shape index (κ2) is 10.1. The average Bonchev–Trinajstić information content (AvgIpc) is 2.50. The van der Waals surface area contributed by atoms with Crippen LogP contribution in [0.1, 0.15) is 58.6 Å². The first-order chi connectivity index (χ1) is 10.1. The first-order valence-corrected chi connectivity index (χ1v) is 9.63. The van der Waals surface area contributed by atoms with Crippen LogP contribution >= 0.6 is 0 Å². The highest BCUT2D eigenvalue weighted by molar-refractivity contribution is 7.85. The van der Waals surface area contributed by atoms with E-state index in [2.05, 4.69) is 57.3 Å². The van der Waals surface area contributed by atoms with Crippen LogP contribution in [0.5, 0.6) is 0 Å². The van der Waals surface area contributed by atoms with Crippen molar-refractivity contribution in [1.29, 1.82) is 0 Å². The third-order valence-corrected chi connectivity index (χ3v) is 5.70. The molecule has 0 aliphatic rings. The molecule has 3 atom stereocenters. The maximum atomic E-state index is 12.7. The third kappa shape index (κ3) is 6.31. The van der Waals surface area contributed by atoms with Crippen LogP contribution in [0.3, 0.4) is 0 Å². The summed E-state index contributed by atoms with van der Waals surface area (Å²) in [6, 6.07) is 10.7. The Bertz CT molecular complexity index is 405. The molecule has 3 unspecified atom stereocenters. The molecule has 0 fully saturated rings. The molecular formula is C18H31NOS. The normalized spacial score (nSPS) is 15.9. The van der Waals surface area contributed by atoms with Crippen LogP contribution < -0.4 is 5.32 Å². The summed E-state index contributed by atoms with van der Waals surface area (Å²) in [4.78, 5) is 0. The van der Waals surface area contributed by atoms with Crippen LogP contribution in [0.15, 0.2) is 30.3 Å². The molecule has 0 saturated heterocycles. The van der Waals surface area contributed by atoms with Crippen molar-refractivity contribution in [3.8, 4) is 0 Å². The molecule has 120 valence electrons. The summed E-state index contributed by atoms with van der Waals surface area (Å²) in [5.41, 5.74) is 1.26. The molecule has 0 aliphatic carbocycles. The fourth-order valence-corrected chi connectivity index (χ4v) is 4.44. The Morgan fingerprint density at radius 2 is 1.81 bits per heavy atom. The van der Waals surface area contributed by atoms with Gasteiger partial charge in [-0.1, -0.05) is 58.0 Å². The smallest absolute Gasteiger partial charge is 0.0540 e. The quantitative estimate of drug-likeness (QED) is 0.698. The molecule has 1 aromatic carbocycles. The van der Waals surface area contributed by atoms with Crippen molar-refractivity contribution in [2.45, 2.75) is 58.2 Å². The summed E-state index contributed by atoms with van der Waals surface area (Å²) in [5, 5.41) is 3.80. The topological polar surface area (TPSA) is 29.1 Å². The van der Waals surface area contributed by atoms with E-state index in [-0.39, 0.29) is 11.3 Å². The molecule has 0 saturated carbocycles. The van der Waals surface area contributed by atoms with Crippen LogP contribution in [0.2, 0.25) is 0 Å². The maximum Gasteiger partial charge on any atom is 0.0540 e. The zero-order chi connectivity index (χ0) is 15.7. The SMILES string of the molecule is CCCNC(c1ccccc1)C(CC)S(=O)CCC(C)C. The van der Waals surface area contributed by atoms with E-state index < -0.39 is 10.8 Å². The molecule has 0 heterocycles. The lowest BCUT2D eigenvalue weighted by molar-refractivity contribution is 0.493. The summed E-state index contributed by atoms with van der Waals surface area (Å²) >= 11 is 0. The van der Waals surface area contributed by atoms with Crippen molar-refractivity contribution in [2.24, 2.45) is 5.92 Å². The third-order valence-electron chi connectivity index (χ3n) is 3.78. The number of hydrogen-bond donors (Lipinski definition) is 1. The Morgan fingerprint density at radius 3 is 2.33 bits per heavy atom. The van der Waals surface area contributed by atoms with Gasteiger partial charge in [-0.2, -0.15) is 0 Å². The van der Waals surface area contributed by atoms with Gasteiger partial charge in [0.25, 0.3) is 0 Å². The predicted molar refractivity (Wildman–Crippen MR) is 94.0 cm³/mol. The van der Waals surface area contributed by atoms with Gasteiger partial charge in [-0.25, -0.2) is 0 Å². The minimum atomic E-state index is -0.775. The van der Waals surface area contributed by atoms with Gasteiger partial charge in [-0.15, -0.1) is 0 Å². The molecule has 0 aromatic heterocycles. The van der Waals surface area contributed by atoms with Gasteiger partial charge in [0.2, 0.25) is 0 Å². The van der Waals surface area contributed by atoms with Crippen LogP contribution in [-0.4, -0.2) is 21.8 Å². The molecule has 2 nitrogen and oxygen atoms in total. The van der Waals surface area contributed by atoms with Crippen molar-refractivity contribution < 1.29 is 4.21 Å². The van der Waals surface area contributed by atoms with Crippen molar-refractivity contribution in [3.63, 3.8) is 0 Å². The highest BCUT2D eigenvalue weighted by Crippen LogP contribution is 2.24. The summed E-state index contributed by atoms with van der Waals surface area (Å²) in [5.74, 6) is 1.43. The van der Waals surface area contributed by atoms with Gasteiger partial charge in [0.1, 0.15) is 0 Å². The van der Waals surface area contributed by atoms with Gasteiger partial charge in [0, 0.05) is 22.6 Å². The van der Waals surface area contributed by atoms with Gasteiger partial charge >= 0.3 is 0 Å². The Labute approximate surface area is 133 Å². The fourth-order valence-electron chi connectivity index (χ4n) is 2.50. The standard InChI is InChI=1S/C18H31NOS/c1-5-13-19-18(16-10-8-7-9-11-16)17(6-2)21(20)14-12-15(3)4/h7-11,15,17-19H,5-6,12-14H2,1-4H3. The monoisotopic (exact) mass is 309 g/mol. The van der Waals surface area contributed by atoms with E-state index in [0.717, 1.165) is 31.6 Å². The van der Waals surface area contributed by atoms with Gasteiger partial charge in [-0.05, 0) is 37.3 Å². The van der Waals surface area contributed by atoms with Crippen molar-refractivity contribution >= 4 is 10.8 Å². The zero-order valence-corrected chi connectivity index (χ0v) is 14.8. The predicted octanol–water partition coefficient (Wildman–Crippen LogP) is 4.30. The number of benzene rings is 1. The minimum absolute atomic E-state index is 0.192. The van der Waals surface area contributed by atoms with E-state index in [0.29, 0.717) is 5.92 Å². The molecule has 1 N–H and O–H groups in total. The van der Waals surface area contributed by atoms with Gasteiger partial charge in [-0.3, -0.25) is 4.21 Å². The van der Waals surface area contributed by atoms with Crippen LogP contribution in [0, 0.1) is 5.92 Å². The lowest BCUT2D eigenvalue weighted by Gasteiger charge is -2.27. The number of hydrogen-bond acceptors (Lipinski definition) is 2. The van der Waals surface area contributed by atoms with Gasteiger partial charge in [0.15, 0.2) is 0 Å². The zero-order valence-electron chi connectivity index (χ0n) is 14.0. The number of rotatable bonds is 10. The van der Waals surface area contributed by atoms with E-state index in [1.807, 2.05) is 6.07 Å². The first-order valence-electron chi connectivity index (χ1n) is 8.25. The van der Waals surface area contributed by atoms with Crippen LogP contribution in [-0.2, 0) is 10.8 Å². The minimum Gasteiger partial charge on any atom is -0.309 e. The van der Waals surface area contributed by atoms with E-state index in [9.17, 15) is 4.21 Å². The molecule has 0 spiro atoms. The van der Waals surface area contributed by atoms with Crippen molar-refractivity contribution in [3.05, 3.63) is 35.9 Å². The van der Waals surface area contributed by atoms with E-state index >= 15 is 0 Å². The molecule has 3 heteroatoms. The highest BCUT2D eigenvalue weighted by atomic mass is 32.2. The summed E-state index contributed by atoms with van der Waals surface area (Å²) < 4.78 is 12.7. The first kappa shape index (κ1) is 18.4. The van der Waals surface area contributed by atoms with E-state index in [1.165, 1.54) is 5.56 Å². The lowest BCUT2D eigenvalue weighted by atomic mass is 10.0. The fraction of sp³-hybridized carbons (Fsp3) is 0.667. The largest absolute Gasteiger partial charge is 0.309 e. The Morgan fingerprint density at radius 1 is 1.14 bits per heavy atom. The Kier molecular flexibility index (Phi) is 8.86. The highest BCUT2D eigenvalue weighted by Gasteiger charge is 2.26. The molecule has 1 aromatic rings. The van der Waals surface area contributed by atoms with Crippen molar-refractivity contribution in [1.82, 2.24) is 5.32 Å². The van der Waals surface area contributed by atoms with Gasteiger partial charge < -0.3 is 5.32 Å². The molecule has 1 rings (SSSR count). The average molecular weight is 310 g/mol. The number of nitrogens with one attached hydrogen (secondary N) is 1. The summed E-state index contributed by atoms with van der Waals surface area (Å²) in [6.45, 7) is 9.69. The molecule has 0 bridgehead atoms.